The van der Waals surface area contributed by atoms with Crippen molar-refractivity contribution < 1.29 is 9.90 Å². The highest BCUT2D eigenvalue weighted by atomic mass is 16.4. The molecule has 5 heteroatoms. The molecule has 0 aromatic heterocycles. The lowest BCUT2D eigenvalue weighted by Crippen LogP contribution is -2.48. The lowest BCUT2D eigenvalue weighted by Gasteiger charge is -2.36. The van der Waals surface area contributed by atoms with E-state index in [2.05, 4.69) is 16.7 Å². The van der Waals surface area contributed by atoms with Crippen molar-refractivity contribution in [2.45, 2.75) is 6.92 Å². The number of carbonyl (C=O) groups is 1. The Balaban J connectivity index is 1.92. The van der Waals surface area contributed by atoms with Gasteiger partial charge in [-0.2, -0.15) is 0 Å². The number of hydrogen-bond donors (Lipinski definition) is 1. The van der Waals surface area contributed by atoms with Gasteiger partial charge in [0.05, 0.1) is 11.3 Å². The topological polar surface area (TPSA) is 56.1 Å². The zero-order valence-electron chi connectivity index (χ0n) is 14.4. The average Bonchev–Trinajstić information content (AvgIpc) is 2.67. The van der Waals surface area contributed by atoms with Gasteiger partial charge in [-0.05, 0) is 30.8 Å². The largest absolute Gasteiger partial charge is 0.478 e. The molecule has 0 saturated carbocycles. The molecule has 0 radical (unpaired) electrons. The molecule has 25 heavy (non-hydrogen) atoms. The van der Waals surface area contributed by atoms with Crippen LogP contribution in [-0.4, -0.2) is 59.4 Å². The summed E-state index contributed by atoms with van der Waals surface area (Å²) in [7, 11) is 0. The maximum atomic E-state index is 11.1. The number of aromatic carboxylic acids is 1. The summed E-state index contributed by atoms with van der Waals surface area (Å²) >= 11 is 0. The van der Waals surface area contributed by atoms with Gasteiger partial charge in [-0.25, -0.2) is 9.79 Å². The predicted molar refractivity (Wildman–Crippen MR) is 99.7 cm³/mol. The van der Waals surface area contributed by atoms with Crippen LogP contribution in [0.4, 0.5) is 5.69 Å². The van der Waals surface area contributed by atoms with Crippen LogP contribution in [-0.2, 0) is 0 Å². The first kappa shape index (κ1) is 17.2. The molecule has 2 aromatic carbocycles. The second-order valence-electron chi connectivity index (χ2n) is 6.07. The highest BCUT2D eigenvalue weighted by Crippen LogP contribution is 2.17. The van der Waals surface area contributed by atoms with Crippen molar-refractivity contribution in [2.75, 3.05) is 32.7 Å². The van der Waals surface area contributed by atoms with E-state index in [9.17, 15) is 4.79 Å². The van der Waals surface area contributed by atoms with E-state index in [4.69, 9.17) is 10.1 Å². The van der Waals surface area contributed by atoms with Crippen molar-refractivity contribution in [3.8, 4) is 0 Å². The number of carboxylic acid groups (broad SMARTS) is 1. The molecule has 5 nitrogen and oxygen atoms in total. The van der Waals surface area contributed by atoms with Crippen molar-refractivity contribution in [1.82, 2.24) is 9.80 Å². The first-order valence-corrected chi connectivity index (χ1v) is 8.62. The maximum Gasteiger partial charge on any atom is 0.335 e. The van der Waals surface area contributed by atoms with Gasteiger partial charge in [-0.15, -0.1) is 0 Å². The van der Waals surface area contributed by atoms with Crippen LogP contribution in [0.1, 0.15) is 22.8 Å². The summed E-state index contributed by atoms with van der Waals surface area (Å²) in [6.07, 6.45) is 0. The number of nitrogens with zero attached hydrogens (tertiary/aromatic N) is 3. The Hall–Kier alpha value is -2.66. The van der Waals surface area contributed by atoms with Gasteiger partial charge in [0.1, 0.15) is 5.84 Å². The highest BCUT2D eigenvalue weighted by molar-refractivity contribution is 6.01. The Morgan fingerprint density at radius 2 is 1.56 bits per heavy atom. The lowest BCUT2D eigenvalue weighted by atomic mass is 10.1. The van der Waals surface area contributed by atoms with Crippen LogP contribution >= 0.6 is 0 Å². The Kier molecular flexibility index (Phi) is 5.46. The van der Waals surface area contributed by atoms with E-state index in [0.717, 1.165) is 49.8 Å². The van der Waals surface area contributed by atoms with Gasteiger partial charge in [0, 0.05) is 31.7 Å². The third-order valence-corrected chi connectivity index (χ3v) is 4.50. The predicted octanol–water partition coefficient (Wildman–Crippen LogP) is 3.10. The van der Waals surface area contributed by atoms with Gasteiger partial charge in [0.25, 0.3) is 0 Å². The molecule has 1 heterocycles. The molecule has 3 rings (SSSR count). The van der Waals surface area contributed by atoms with E-state index in [1.54, 1.807) is 12.1 Å². The van der Waals surface area contributed by atoms with Crippen molar-refractivity contribution in [3.63, 3.8) is 0 Å². The molecule has 1 saturated heterocycles. The van der Waals surface area contributed by atoms with Gasteiger partial charge in [-0.1, -0.05) is 37.3 Å². The summed E-state index contributed by atoms with van der Waals surface area (Å²) in [5.41, 5.74) is 2.13. The molecule has 130 valence electrons. The van der Waals surface area contributed by atoms with Crippen LogP contribution in [0.25, 0.3) is 0 Å². The zero-order chi connectivity index (χ0) is 17.6. The highest BCUT2D eigenvalue weighted by Gasteiger charge is 2.20. The molecule has 1 N–H and O–H groups in total. The maximum absolute atomic E-state index is 11.1. The summed E-state index contributed by atoms with van der Waals surface area (Å²) in [5.74, 6) is -0.0106. The molecule has 1 aliphatic heterocycles. The number of aliphatic imine (C=N–C) groups is 1. The molecule has 0 spiro atoms. The van der Waals surface area contributed by atoms with Gasteiger partial charge >= 0.3 is 5.97 Å². The van der Waals surface area contributed by atoms with Gasteiger partial charge in [0.2, 0.25) is 0 Å². The molecule has 0 aliphatic carbocycles. The number of benzene rings is 2. The summed E-state index contributed by atoms with van der Waals surface area (Å²) in [4.78, 5) is 20.7. The van der Waals surface area contributed by atoms with Crippen LogP contribution in [0.15, 0.2) is 59.6 Å². The summed E-state index contributed by atoms with van der Waals surface area (Å²) in [6, 6.07) is 16.8. The molecule has 0 unspecified atom stereocenters. The van der Waals surface area contributed by atoms with E-state index in [1.165, 1.54) is 0 Å². The summed E-state index contributed by atoms with van der Waals surface area (Å²) in [5, 5.41) is 9.11. The smallest absolute Gasteiger partial charge is 0.335 e. The third kappa shape index (κ3) is 4.25. The molecular weight excluding hydrogens is 314 g/mol. The standard InChI is InChI=1S/C20H23N3O2/c1-2-22-12-14-23(15-13-22)19(21-18-6-4-3-5-7-18)16-8-10-17(11-9-16)20(24)25/h3-11H,2,12-15H2,1H3,(H,24,25). The van der Waals surface area contributed by atoms with Crippen molar-refractivity contribution >= 4 is 17.5 Å². The van der Waals surface area contributed by atoms with Gasteiger partial charge < -0.3 is 14.9 Å². The number of piperazine rings is 1. The van der Waals surface area contributed by atoms with Crippen LogP contribution in [0.2, 0.25) is 0 Å². The van der Waals surface area contributed by atoms with Gasteiger partial charge in [0.15, 0.2) is 0 Å². The molecule has 0 atom stereocenters. The second-order valence-corrected chi connectivity index (χ2v) is 6.07. The molecule has 1 aliphatic rings. The molecule has 0 bridgehead atoms. The van der Waals surface area contributed by atoms with E-state index in [0.29, 0.717) is 5.56 Å². The first-order valence-electron chi connectivity index (χ1n) is 8.62. The normalized spacial score (nSPS) is 16.0. The molecule has 0 amide bonds. The number of carboxylic acids is 1. The SMILES string of the molecule is CCN1CCN(C(=Nc2ccccc2)c2ccc(C(=O)O)cc2)CC1. The minimum absolute atomic E-state index is 0.290. The van der Waals surface area contributed by atoms with Crippen LogP contribution in [0.3, 0.4) is 0 Å². The number of likely N-dealkylation sites (N-methyl/N-ethyl adjacent to an activating group) is 1. The van der Waals surface area contributed by atoms with Gasteiger partial charge in [-0.3, -0.25) is 0 Å². The van der Waals surface area contributed by atoms with Crippen molar-refractivity contribution in [3.05, 3.63) is 65.7 Å². The minimum Gasteiger partial charge on any atom is -0.478 e. The van der Waals surface area contributed by atoms with Crippen molar-refractivity contribution in [2.24, 2.45) is 4.99 Å². The average molecular weight is 337 g/mol. The van der Waals surface area contributed by atoms with E-state index in [-0.39, 0.29) is 0 Å². The Bertz CT molecular complexity index is 733. The number of para-hydroxylation sites is 1. The zero-order valence-corrected chi connectivity index (χ0v) is 14.4. The van der Waals surface area contributed by atoms with E-state index in [1.807, 2.05) is 42.5 Å². The quantitative estimate of drug-likeness (QED) is 0.688. The van der Waals surface area contributed by atoms with Crippen molar-refractivity contribution in [1.29, 1.82) is 0 Å². The fourth-order valence-electron chi connectivity index (χ4n) is 2.98. The third-order valence-electron chi connectivity index (χ3n) is 4.50. The Morgan fingerprint density at radius 1 is 0.960 bits per heavy atom. The Morgan fingerprint density at radius 3 is 2.12 bits per heavy atom. The first-order chi connectivity index (χ1) is 12.2. The molecule has 1 fully saturated rings. The van der Waals surface area contributed by atoms with Crippen LogP contribution in [0, 0.1) is 0 Å². The Labute approximate surface area is 148 Å². The summed E-state index contributed by atoms with van der Waals surface area (Å²) in [6.45, 7) is 7.10. The van der Waals surface area contributed by atoms with E-state index < -0.39 is 5.97 Å². The number of hydrogen-bond acceptors (Lipinski definition) is 3. The number of rotatable bonds is 4. The second kappa shape index (κ2) is 7.94. The van der Waals surface area contributed by atoms with Crippen LogP contribution < -0.4 is 0 Å². The fraction of sp³-hybridized carbons (Fsp3) is 0.300. The lowest BCUT2D eigenvalue weighted by molar-refractivity contribution is 0.0697. The molecule has 2 aromatic rings. The monoisotopic (exact) mass is 337 g/mol. The number of amidine groups is 1. The minimum atomic E-state index is -0.912. The fourth-order valence-corrected chi connectivity index (χ4v) is 2.98. The van der Waals surface area contributed by atoms with Crippen LogP contribution in [0.5, 0.6) is 0 Å². The summed E-state index contributed by atoms with van der Waals surface area (Å²) < 4.78 is 0. The van der Waals surface area contributed by atoms with E-state index >= 15 is 0 Å². The molecular formula is C20H23N3O2.